The van der Waals surface area contributed by atoms with Crippen LogP contribution in [0.4, 0.5) is 4.79 Å². The van der Waals surface area contributed by atoms with Crippen LogP contribution in [0, 0.1) is 0 Å². The minimum absolute atomic E-state index is 0.300. The first-order valence-corrected chi connectivity index (χ1v) is 8.56. The molecule has 0 aliphatic carbocycles. The molecule has 0 bridgehead atoms. The van der Waals surface area contributed by atoms with Crippen LogP contribution in [0.2, 0.25) is 0 Å². The van der Waals surface area contributed by atoms with Gasteiger partial charge in [0.1, 0.15) is 0 Å². The van der Waals surface area contributed by atoms with E-state index in [-0.39, 0.29) is 6.03 Å². The standard InChI is InChI=1S/C21H18N4O/c1-2-18-19(16-10-5-3-6-11-16)20(17-12-7-4-8-13-17)25(23-18)21(26)24-15-9-14-22-24/h3-15H,2H2,1H3. The first-order chi connectivity index (χ1) is 12.8. The van der Waals surface area contributed by atoms with Gasteiger partial charge in [0.2, 0.25) is 0 Å². The summed E-state index contributed by atoms with van der Waals surface area (Å²) in [6.45, 7) is 2.05. The maximum atomic E-state index is 13.0. The minimum Gasteiger partial charge on any atom is -0.244 e. The molecule has 0 unspecified atom stereocenters. The Morgan fingerprint density at radius 2 is 1.58 bits per heavy atom. The Bertz CT molecular complexity index is 1020. The fraction of sp³-hybridized carbons (Fsp3) is 0.0952. The molecule has 0 saturated carbocycles. The second-order valence-electron chi connectivity index (χ2n) is 5.90. The van der Waals surface area contributed by atoms with Crippen LogP contribution < -0.4 is 0 Å². The highest BCUT2D eigenvalue weighted by molar-refractivity contribution is 5.91. The molecule has 4 rings (SSSR count). The van der Waals surface area contributed by atoms with E-state index >= 15 is 0 Å². The molecule has 2 aromatic carbocycles. The smallest absolute Gasteiger partial charge is 0.244 e. The quantitative estimate of drug-likeness (QED) is 0.551. The zero-order valence-electron chi connectivity index (χ0n) is 14.4. The van der Waals surface area contributed by atoms with Crippen molar-refractivity contribution < 1.29 is 4.79 Å². The predicted octanol–water partition coefficient (Wildman–Crippen LogP) is 4.49. The Hall–Kier alpha value is -3.47. The minimum atomic E-state index is -0.300. The molecule has 0 amide bonds. The van der Waals surface area contributed by atoms with Crippen LogP contribution in [0.1, 0.15) is 12.6 Å². The number of nitrogens with zero attached hydrogens (tertiary/aromatic N) is 4. The molecule has 0 saturated heterocycles. The molecule has 0 fully saturated rings. The molecular formula is C21H18N4O. The van der Waals surface area contributed by atoms with Crippen molar-refractivity contribution in [1.29, 1.82) is 0 Å². The second-order valence-corrected chi connectivity index (χ2v) is 5.90. The molecule has 0 N–H and O–H groups in total. The topological polar surface area (TPSA) is 52.7 Å². The Labute approximate surface area is 151 Å². The summed E-state index contributed by atoms with van der Waals surface area (Å²) in [5.41, 5.74) is 4.64. The molecule has 0 aliphatic rings. The zero-order valence-corrected chi connectivity index (χ0v) is 14.4. The van der Waals surface area contributed by atoms with Gasteiger partial charge >= 0.3 is 6.03 Å². The van der Waals surface area contributed by atoms with Gasteiger partial charge in [0.25, 0.3) is 0 Å². The van der Waals surface area contributed by atoms with Crippen molar-refractivity contribution in [1.82, 2.24) is 19.6 Å². The Kier molecular flexibility index (Phi) is 4.19. The highest BCUT2D eigenvalue weighted by Crippen LogP contribution is 2.35. The van der Waals surface area contributed by atoms with Gasteiger partial charge in [-0.3, -0.25) is 0 Å². The predicted molar refractivity (Wildman–Crippen MR) is 101 cm³/mol. The second kappa shape index (κ2) is 6.80. The van der Waals surface area contributed by atoms with Crippen LogP contribution in [0.25, 0.3) is 22.4 Å². The van der Waals surface area contributed by atoms with Crippen molar-refractivity contribution in [2.24, 2.45) is 0 Å². The van der Waals surface area contributed by atoms with E-state index in [1.165, 1.54) is 9.36 Å². The lowest BCUT2D eigenvalue weighted by molar-refractivity contribution is 0.238. The number of hydrogen-bond donors (Lipinski definition) is 0. The van der Waals surface area contributed by atoms with Gasteiger partial charge < -0.3 is 0 Å². The molecule has 0 spiro atoms. The third kappa shape index (κ3) is 2.73. The third-order valence-corrected chi connectivity index (χ3v) is 4.28. The van der Waals surface area contributed by atoms with Crippen LogP contribution in [0.3, 0.4) is 0 Å². The van der Waals surface area contributed by atoms with Gasteiger partial charge in [-0.15, -0.1) is 0 Å². The van der Waals surface area contributed by atoms with Gasteiger partial charge in [-0.25, -0.2) is 4.79 Å². The Balaban J connectivity index is 2.01. The molecule has 0 radical (unpaired) electrons. The SMILES string of the molecule is CCc1nn(C(=O)n2cccn2)c(-c2ccccc2)c1-c1ccccc1. The monoisotopic (exact) mass is 342 g/mol. The number of carbonyl (C=O) groups excluding carboxylic acids is 1. The van der Waals surface area contributed by atoms with E-state index in [9.17, 15) is 4.79 Å². The summed E-state index contributed by atoms with van der Waals surface area (Å²) in [5.74, 6) is 0. The number of carbonyl (C=O) groups is 1. The molecule has 26 heavy (non-hydrogen) atoms. The first-order valence-electron chi connectivity index (χ1n) is 8.56. The van der Waals surface area contributed by atoms with Crippen LogP contribution in [0.15, 0.2) is 79.1 Å². The van der Waals surface area contributed by atoms with Gasteiger partial charge in [0, 0.05) is 23.5 Å². The van der Waals surface area contributed by atoms with Crippen LogP contribution >= 0.6 is 0 Å². The highest BCUT2D eigenvalue weighted by atomic mass is 16.2. The first kappa shape index (κ1) is 16.0. The van der Waals surface area contributed by atoms with Crippen molar-refractivity contribution in [2.75, 3.05) is 0 Å². The molecule has 0 atom stereocenters. The molecule has 4 aromatic rings. The molecule has 2 aromatic heterocycles. The molecule has 5 heteroatoms. The highest BCUT2D eigenvalue weighted by Gasteiger charge is 2.24. The van der Waals surface area contributed by atoms with Crippen molar-refractivity contribution in [2.45, 2.75) is 13.3 Å². The van der Waals surface area contributed by atoms with E-state index in [1.54, 1.807) is 18.5 Å². The van der Waals surface area contributed by atoms with Gasteiger partial charge in [0.15, 0.2) is 0 Å². The molecular weight excluding hydrogens is 324 g/mol. The summed E-state index contributed by atoms with van der Waals surface area (Å²) in [6.07, 6.45) is 3.94. The summed E-state index contributed by atoms with van der Waals surface area (Å²) in [5, 5.41) is 8.71. The summed E-state index contributed by atoms with van der Waals surface area (Å²) in [6, 6.07) is 21.4. The van der Waals surface area contributed by atoms with Gasteiger partial charge in [0.05, 0.1) is 11.4 Å². The third-order valence-electron chi connectivity index (χ3n) is 4.28. The van der Waals surface area contributed by atoms with Crippen LogP contribution in [0.5, 0.6) is 0 Å². The number of benzene rings is 2. The van der Waals surface area contributed by atoms with Crippen molar-refractivity contribution >= 4 is 6.03 Å². The number of hydrogen-bond acceptors (Lipinski definition) is 3. The number of aryl methyl sites for hydroxylation is 1. The largest absolute Gasteiger partial charge is 0.369 e. The summed E-state index contributed by atoms with van der Waals surface area (Å²) in [4.78, 5) is 13.0. The normalized spacial score (nSPS) is 10.8. The van der Waals surface area contributed by atoms with Crippen molar-refractivity contribution in [3.63, 3.8) is 0 Å². The Morgan fingerprint density at radius 3 is 2.15 bits per heavy atom. The van der Waals surface area contributed by atoms with E-state index in [4.69, 9.17) is 0 Å². The average molecular weight is 342 g/mol. The van der Waals surface area contributed by atoms with E-state index < -0.39 is 0 Å². The maximum absolute atomic E-state index is 13.0. The zero-order chi connectivity index (χ0) is 17.9. The van der Waals surface area contributed by atoms with Crippen molar-refractivity contribution in [3.05, 3.63) is 84.8 Å². The van der Waals surface area contributed by atoms with Crippen LogP contribution in [-0.2, 0) is 6.42 Å². The maximum Gasteiger partial charge on any atom is 0.369 e. The van der Waals surface area contributed by atoms with Gasteiger partial charge in [-0.2, -0.15) is 19.6 Å². The van der Waals surface area contributed by atoms with Gasteiger partial charge in [-0.1, -0.05) is 67.6 Å². The lowest BCUT2D eigenvalue weighted by Crippen LogP contribution is -2.22. The Morgan fingerprint density at radius 1 is 0.923 bits per heavy atom. The lowest BCUT2D eigenvalue weighted by atomic mass is 9.98. The summed E-state index contributed by atoms with van der Waals surface area (Å²) < 4.78 is 2.76. The van der Waals surface area contributed by atoms with Crippen molar-refractivity contribution in [3.8, 4) is 22.4 Å². The summed E-state index contributed by atoms with van der Waals surface area (Å²) in [7, 11) is 0. The average Bonchev–Trinajstić information content (AvgIpc) is 3.36. The summed E-state index contributed by atoms with van der Waals surface area (Å²) >= 11 is 0. The fourth-order valence-electron chi connectivity index (χ4n) is 3.10. The molecule has 128 valence electrons. The molecule has 5 nitrogen and oxygen atoms in total. The number of aromatic nitrogens is 4. The van der Waals surface area contributed by atoms with Crippen LogP contribution in [-0.4, -0.2) is 25.6 Å². The van der Waals surface area contributed by atoms with E-state index in [0.29, 0.717) is 0 Å². The van der Waals surface area contributed by atoms with E-state index in [2.05, 4.69) is 10.2 Å². The number of rotatable bonds is 3. The van der Waals surface area contributed by atoms with Gasteiger partial charge in [-0.05, 0) is 18.1 Å². The molecule has 2 heterocycles. The molecule has 0 aliphatic heterocycles. The van der Waals surface area contributed by atoms with E-state index in [1.807, 2.05) is 67.6 Å². The fourth-order valence-corrected chi connectivity index (χ4v) is 3.10. The lowest BCUT2D eigenvalue weighted by Gasteiger charge is -2.09. The van der Waals surface area contributed by atoms with E-state index in [0.717, 1.165) is 34.5 Å².